The fourth-order valence-corrected chi connectivity index (χ4v) is 2.92. The molecule has 2 rings (SSSR count). The van der Waals surface area contributed by atoms with Crippen molar-refractivity contribution in [2.45, 2.75) is 19.8 Å². The van der Waals surface area contributed by atoms with Crippen LogP contribution < -0.4 is 4.74 Å². The zero-order valence-electron chi connectivity index (χ0n) is 12.8. The second kappa shape index (κ2) is 8.24. The van der Waals surface area contributed by atoms with Crippen LogP contribution in [0.25, 0.3) is 10.8 Å². The van der Waals surface area contributed by atoms with Crippen molar-refractivity contribution in [2.75, 3.05) is 19.7 Å². The maximum atomic E-state index is 12.5. The van der Waals surface area contributed by atoms with Crippen molar-refractivity contribution >= 4 is 32.6 Å². The zero-order valence-corrected chi connectivity index (χ0v) is 14.4. The highest BCUT2D eigenvalue weighted by Gasteiger charge is 2.18. The number of rotatable bonds is 7. The number of carbonyl (C=O) groups excluding carboxylic acids is 1. The van der Waals surface area contributed by atoms with Gasteiger partial charge in [-0.1, -0.05) is 37.3 Å². The van der Waals surface area contributed by atoms with E-state index in [1.165, 1.54) is 0 Å². The number of fused-ring (bicyclic) bond motifs is 1. The van der Waals surface area contributed by atoms with E-state index in [1.54, 1.807) is 6.07 Å². The molecule has 2 aromatic carbocycles. The first kappa shape index (κ1) is 17.7. The summed E-state index contributed by atoms with van der Waals surface area (Å²) >= 11 is 3.47. The Bertz CT molecular complexity index is 679. The average Bonchev–Trinajstić information content (AvgIpc) is 2.53. The lowest BCUT2D eigenvalue weighted by Crippen LogP contribution is -2.38. The van der Waals surface area contributed by atoms with Crippen molar-refractivity contribution in [3.63, 3.8) is 0 Å². The monoisotopic (exact) mass is 385 g/mol. The second-order valence-electron chi connectivity index (χ2n) is 5.12. The third-order valence-electron chi connectivity index (χ3n) is 3.38. The fraction of sp³-hybridized carbons (Fsp3) is 0.353. The van der Waals surface area contributed by atoms with Crippen LogP contribution in [0.5, 0.6) is 5.75 Å². The largest absolute Gasteiger partial charge is 0.483 e. The Balaban J connectivity index is 2.07. The van der Waals surface area contributed by atoms with Gasteiger partial charge in [-0.25, -0.2) is 8.78 Å². The Morgan fingerprint density at radius 3 is 2.70 bits per heavy atom. The lowest BCUT2D eigenvalue weighted by molar-refractivity contribution is -0.135. The molecule has 0 aliphatic heterocycles. The van der Waals surface area contributed by atoms with Crippen LogP contribution in [-0.2, 0) is 4.79 Å². The van der Waals surface area contributed by atoms with E-state index >= 15 is 0 Å². The summed E-state index contributed by atoms with van der Waals surface area (Å²) in [5.41, 5.74) is 0. The van der Waals surface area contributed by atoms with Crippen molar-refractivity contribution in [3.8, 4) is 5.75 Å². The molecule has 0 radical (unpaired) electrons. The number of hydrogen-bond acceptors (Lipinski definition) is 2. The molecule has 6 heteroatoms. The second-order valence-corrected chi connectivity index (χ2v) is 5.91. The SMILES string of the molecule is CCCN(CC(F)F)C(=O)COc1ccc2ccccc2c1Br. The number of halogens is 3. The van der Waals surface area contributed by atoms with Crippen LogP contribution in [0.15, 0.2) is 40.9 Å². The van der Waals surface area contributed by atoms with Crippen molar-refractivity contribution in [1.29, 1.82) is 0 Å². The van der Waals surface area contributed by atoms with Crippen LogP contribution in [0.4, 0.5) is 8.78 Å². The summed E-state index contributed by atoms with van der Waals surface area (Å²) in [7, 11) is 0. The molecule has 1 amide bonds. The topological polar surface area (TPSA) is 29.5 Å². The van der Waals surface area contributed by atoms with Gasteiger partial charge in [0.1, 0.15) is 5.75 Å². The van der Waals surface area contributed by atoms with E-state index in [9.17, 15) is 13.6 Å². The summed E-state index contributed by atoms with van der Waals surface area (Å²) in [6, 6.07) is 11.4. The van der Waals surface area contributed by atoms with Crippen LogP contribution in [0.1, 0.15) is 13.3 Å². The van der Waals surface area contributed by atoms with Crippen LogP contribution in [0.2, 0.25) is 0 Å². The highest BCUT2D eigenvalue weighted by molar-refractivity contribution is 9.10. The predicted molar refractivity (Wildman–Crippen MR) is 90.0 cm³/mol. The van der Waals surface area contributed by atoms with E-state index in [4.69, 9.17) is 4.74 Å². The van der Waals surface area contributed by atoms with Gasteiger partial charge in [0.25, 0.3) is 12.3 Å². The molecule has 0 bridgehead atoms. The maximum Gasteiger partial charge on any atom is 0.260 e. The third-order valence-corrected chi connectivity index (χ3v) is 4.20. The van der Waals surface area contributed by atoms with Crippen LogP contribution >= 0.6 is 15.9 Å². The molecule has 0 aliphatic rings. The van der Waals surface area contributed by atoms with Gasteiger partial charge in [-0.15, -0.1) is 0 Å². The number of alkyl halides is 2. The highest BCUT2D eigenvalue weighted by atomic mass is 79.9. The Hall–Kier alpha value is -1.69. The van der Waals surface area contributed by atoms with Gasteiger partial charge in [0.15, 0.2) is 6.61 Å². The van der Waals surface area contributed by atoms with Gasteiger partial charge in [0, 0.05) is 6.54 Å². The van der Waals surface area contributed by atoms with Crippen molar-refractivity contribution in [3.05, 3.63) is 40.9 Å². The molecule has 3 nitrogen and oxygen atoms in total. The number of benzene rings is 2. The average molecular weight is 386 g/mol. The molecule has 0 aliphatic carbocycles. The molecule has 0 fully saturated rings. The van der Waals surface area contributed by atoms with E-state index in [1.807, 2.05) is 37.3 Å². The molecule has 0 spiro atoms. The minimum absolute atomic E-state index is 0.260. The minimum Gasteiger partial charge on any atom is -0.483 e. The first-order valence-corrected chi connectivity index (χ1v) is 8.18. The van der Waals surface area contributed by atoms with Gasteiger partial charge in [-0.05, 0) is 39.2 Å². The smallest absolute Gasteiger partial charge is 0.260 e. The highest BCUT2D eigenvalue weighted by Crippen LogP contribution is 2.33. The molecule has 0 saturated carbocycles. The Morgan fingerprint density at radius 1 is 1.26 bits per heavy atom. The van der Waals surface area contributed by atoms with E-state index in [0.29, 0.717) is 18.7 Å². The van der Waals surface area contributed by atoms with Gasteiger partial charge in [0.2, 0.25) is 0 Å². The lowest BCUT2D eigenvalue weighted by Gasteiger charge is -2.22. The number of carbonyl (C=O) groups is 1. The van der Waals surface area contributed by atoms with Crippen molar-refractivity contribution in [1.82, 2.24) is 4.90 Å². The number of ether oxygens (including phenoxy) is 1. The Labute approximate surface area is 142 Å². The van der Waals surface area contributed by atoms with Crippen LogP contribution in [0, 0.1) is 0 Å². The van der Waals surface area contributed by atoms with E-state index < -0.39 is 18.9 Å². The molecular weight excluding hydrogens is 368 g/mol. The first-order chi connectivity index (χ1) is 11.0. The molecule has 0 N–H and O–H groups in total. The summed E-state index contributed by atoms with van der Waals surface area (Å²) in [4.78, 5) is 13.2. The Kier molecular flexibility index (Phi) is 6.33. The molecular formula is C17H18BrF2NO2. The van der Waals surface area contributed by atoms with Crippen molar-refractivity contribution < 1.29 is 18.3 Å². The number of nitrogens with zero attached hydrogens (tertiary/aromatic N) is 1. The van der Waals surface area contributed by atoms with Crippen LogP contribution in [-0.4, -0.2) is 36.9 Å². The quantitative estimate of drug-likeness (QED) is 0.702. The summed E-state index contributed by atoms with van der Waals surface area (Å²) < 4.78 is 31.3. The Morgan fingerprint density at radius 2 is 2.00 bits per heavy atom. The molecule has 23 heavy (non-hydrogen) atoms. The zero-order chi connectivity index (χ0) is 16.8. The van der Waals surface area contributed by atoms with Gasteiger partial charge >= 0.3 is 0 Å². The molecule has 0 saturated heterocycles. The third kappa shape index (κ3) is 4.64. The minimum atomic E-state index is -2.54. The number of amides is 1. The summed E-state index contributed by atoms with van der Waals surface area (Å²) in [6.45, 7) is 1.32. The van der Waals surface area contributed by atoms with Crippen LogP contribution in [0.3, 0.4) is 0 Å². The maximum absolute atomic E-state index is 12.5. The molecule has 124 valence electrons. The molecule has 0 heterocycles. The first-order valence-electron chi connectivity index (χ1n) is 7.39. The standard InChI is InChI=1S/C17H18BrF2NO2/c1-2-9-21(10-15(19)20)16(22)11-23-14-8-7-12-5-3-4-6-13(12)17(14)18/h3-8,15H,2,9-11H2,1H3. The van der Waals surface area contributed by atoms with Gasteiger partial charge in [0.05, 0.1) is 11.0 Å². The summed E-state index contributed by atoms with van der Waals surface area (Å²) in [5.74, 6) is 0.0813. The molecule has 2 aromatic rings. The molecule has 0 aromatic heterocycles. The van der Waals surface area contributed by atoms with Gasteiger partial charge in [-0.2, -0.15) is 0 Å². The summed E-state index contributed by atoms with van der Waals surface area (Å²) in [6.07, 6.45) is -1.92. The van der Waals surface area contributed by atoms with E-state index in [-0.39, 0.29) is 6.61 Å². The molecule has 0 unspecified atom stereocenters. The van der Waals surface area contributed by atoms with Gasteiger partial charge in [-0.3, -0.25) is 4.79 Å². The lowest BCUT2D eigenvalue weighted by atomic mass is 10.1. The fourth-order valence-electron chi connectivity index (χ4n) is 2.31. The summed E-state index contributed by atoms with van der Waals surface area (Å²) in [5, 5.41) is 2.01. The van der Waals surface area contributed by atoms with E-state index in [2.05, 4.69) is 15.9 Å². The van der Waals surface area contributed by atoms with Crippen molar-refractivity contribution in [2.24, 2.45) is 0 Å². The molecule has 0 atom stereocenters. The number of hydrogen-bond donors (Lipinski definition) is 0. The predicted octanol–water partition coefficient (Wildman–Crippen LogP) is 4.48. The normalized spacial score (nSPS) is 11.0. The van der Waals surface area contributed by atoms with E-state index in [0.717, 1.165) is 20.1 Å². The van der Waals surface area contributed by atoms with Gasteiger partial charge < -0.3 is 9.64 Å².